The summed E-state index contributed by atoms with van der Waals surface area (Å²) in [5, 5.41) is 6.31. The van der Waals surface area contributed by atoms with Crippen molar-refractivity contribution >= 4 is 17.3 Å². The van der Waals surface area contributed by atoms with Crippen molar-refractivity contribution in [3.8, 4) is 0 Å². The number of anilines is 2. The summed E-state index contributed by atoms with van der Waals surface area (Å²) in [4.78, 5) is 11.1. The number of carbonyl (C=O) groups excluding carboxylic acids is 1. The van der Waals surface area contributed by atoms with Gasteiger partial charge in [0, 0.05) is 24.3 Å². The second kappa shape index (κ2) is 6.43. The van der Waals surface area contributed by atoms with Gasteiger partial charge in [-0.1, -0.05) is 19.9 Å². The zero-order valence-corrected chi connectivity index (χ0v) is 12.0. The van der Waals surface area contributed by atoms with Gasteiger partial charge >= 0.3 is 0 Å². The Morgan fingerprint density at radius 2 is 1.94 bits per heavy atom. The molecule has 0 bridgehead atoms. The third kappa shape index (κ3) is 4.78. The molecule has 2 N–H and O–H groups in total. The van der Waals surface area contributed by atoms with Crippen molar-refractivity contribution in [3.63, 3.8) is 0 Å². The molecule has 0 saturated heterocycles. The van der Waals surface area contributed by atoms with E-state index in [-0.39, 0.29) is 5.91 Å². The van der Waals surface area contributed by atoms with Crippen LogP contribution in [-0.4, -0.2) is 11.9 Å². The highest BCUT2D eigenvalue weighted by Crippen LogP contribution is 2.21. The van der Waals surface area contributed by atoms with E-state index in [1.54, 1.807) is 0 Å². The molecule has 0 aliphatic rings. The van der Waals surface area contributed by atoms with E-state index in [2.05, 4.69) is 37.5 Å². The summed E-state index contributed by atoms with van der Waals surface area (Å²) >= 11 is 0. The fourth-order valence-electron chi connectivity index (χ4n) is 2.09. The smallest absolute Gasteiger partial charge is 0.221 e. The van der Waals surface area contributed by atoms with E-state index in [9.17, 15) is 4.79 Å². The minimum atomic E-state index is -0.0366. The summed E-state index contributed by atoms with van der Waals surface area (Å²) in [6.07, 6.45) is 1.13. The zero-order valence-electron chi connectivity index (χ0n) is 12.0. The van der Waals surface area contributed by atoms with Crippen LogP contribution >= 0.6 is 0 Å². The first-order valence-electron chi connectivity index (χ1n) is 6.53. The van der Waals surface area contributed by atoms with E-state index in [4.69, 9.17) is 0 Å². The molecule has 1 atom stereocenters. The number of rotatable bonds is 5. The lowest BCUT2D eigenvalue weighted by Crippen LogP contribution is -2.17. The molecule has 0 heterocycles. The van der Waals surface area contributed by atoms with Gasteiger partial charge in [0.15, 0.2) is 0 Å². The van der Waals surface area contributed by atoms with Crippen LogP contribution in [0.15, 0.2) is 18.2 Å². The van der Waals surface area contributed by atoms with Gasteiger partial charge in [-0.3, -0.25) is 4.79 Å². The van der Waals surface area contributed by atoms with E-state index in [1.165, 1.54) is 6.92 Å². The molecule has 18 heavy (non-hydrogen) atoms. The summed E-state index contributed by atoms with van der Waals surface area (Å²) in [6, 6.07) is 6.50. The van der Waals surface area contributed by atoms with Crippen LogP contribution in [0.1, 0.15) is 39.7 Å². The van der Waals surface area contributed by atoms with Gasteiger partial charge in [-0.05, 0) is 43.9 Å². The number of hydrogen-bond acceptors (Lipinski definition) is 2. The Hall–Kier alpha value is -1.51. The second-order valence-corrected chi connectivity index (χ2v) is 5.39. The minimum absolute atomic E-state index is 0.0366. The molecule has 3 nitrogen and oxygen atoms in total. The largest absolute Gasteiger partial charge is 0.383 e. The molecule has 0 aromatic heterocycles. The van der Waals surface area contributed by atoms with E-state index in [0.717, 1.165) is 23.4 Å². The molecule has 0 spiro atoms. The maximum Gasteiger partial charge on any atom is 0.221 e. The van der Waals surface area contributed by atoms with Crippen molar-refractivity contribution in [2.75, 3.05) is 10.6 Å². The molecule has 0 radical (unpaired) electrons. The Bertz CT molecular complexity index is 413. The van der Waals surface area contributed by atoms with Crippen LogP contribution < -0.4 is 10.6 Å². The highest BCUT2D eigenvalue weighted by molar-refractivity contribution is 5.90. The predicted molar refractivity (Wildman–Crippen MR) is 78.0 cm³/mol. The number of amides is 1. The van der Waals surface area contributed by atoms with Crippen molar-refractivity contribution in [1.29, 1.82) is 0 Å². The topological polar surface area (TPSA) is 41.1 Å². The highest BCUT2D eigenvalue weighted by Gasteiger charge is 2.07. The van der Waals surface area contributed by atoms with Crippen LogP contribution in [0, 0.1) is 12.8 Å². The highest BCUT2D eigenvalue weighted by atomic mass is 16.1. The SMILES string of the molecule is CC(=O)Nc1cc(NC(C)CC(C)C)ccc1C. The minimum Gasteiger partial charge on any atom is -0.383 e. The predicted octanol–water partition coefficient (Wildman–Crippen LogP) is 3.80. The van der Waals surface area contributed by atoms with Gasteiger partial charge in [0.2, 0.25) is 5.91 Å². The van der Waals surface area contributed by atoms with E-state index in [0.29, 0.717) is 12.0 Å². The van der Waals surface area contributed by atoms with Gasteiger partial charge in [0.1, 0.15) is 0 Å². The van der Waals surface area contributed by atoms with E-state index >= 15 is 0 Å². The molecule has 1 aromatic rings. The summed E-state index contributed by atoms with van der Waals surface area (Å²) < 4.78 is 0. The molecule has 3 heteroatoms. The Morgan fingerprint density at radius 1 is 1.28 bits per heavy atom. The quantitative estimate of drug-likeness (QED) is 0.832. The lowest BCUT2D eigenvalue weighted by molar-refractivity contribution is -0.114. The molecule has 1 amide bonds. The molecular weight excluding hydrogens is 224 g/mol. The third-order valence-electron chi connectivity index (χ3n) is 2.79. The fourth-order valence-corrected chi connectivity index (χ4v) is 2.09. The van der Waals surface area contributed by atoms with Gasteiger partial charge in [-0.2, -0.15) is 0 Å². The summed E-state index contributed by atoms with van der Waals surface area (Å²) in [6.45, 7) is 10.1. The summed E-state index contributed by atoms with van der Waals surface area (Å²) in [7, 11) is 0. The van der Waals surface area contributed by atoms with Gasteiger partial charge in [-0.25, -0.2) is 0 Å². The zero-order chi connectivity index (χ0) is 13.7. The van der Waals surface area contributed by atoms with E-state index < -0.39 is 0 Å². The van der Waals surface area contributed by atoms with Crippen molar-refractivity contribution in [2.45, 2.75) is 47.1 Å². The lowest BCUT2D eigenvalue weighted by Gasteiger charge is -2.18. The monoisotopic (exact) mass is 248 g/mol. The van der Waals surface area contributed by atoms with Crippen molar-refractivity contribution in [3.05, 3.63) is 23.8 Å². The number of hydrogen-bond donors (Lipinski definition) is 2. The molecular formula is C15H24N2O. The number of nitrogens with one attached hydrogen (secondary N) is 2. The second-order valence-electron chi connectivity index (χ2n) is 5.39. The molecule has 1 rings (SSSR count). The number of benzene rings is 1. The molecule has 0 aliphatic carbocycles. The van der Waals surface area contributed by atoms with Crippen molar-refractivity contribution in [1.82, 2.24) is 0 Å². The molecule has 100 valence electrons. The van der Waals surface area contributed by atoms with Crippen LogP contribution in [0.25, 0.3) is 0 Å². The average molecular weight is 248 g/mol. The molecule has 1 aromatic carbocycles. The van der Waals surface area contributed by atoms with E-state index in [1.807, 2.05) is 19.1 Å². The maximum absolute atomic E-state index is 11.1. The lowest BCUT2D eigenvalue weighted by atomic mass is 10.0. The average Bonchev–Trinajstić information content (AvgIpc) is 2.21. The summed E-state index contributed by atoms with van der Waals surface area (Å²) in [5.74, 6) is 0.637. The number of carbonyl (C=O) groups is 1. The fraction of sp³-hybridized carbons (Fsp3) is 0.533. The third-order valence-corrected chi connectivity index (χ3v) is 2.79. The molecule has 0 aliphatic heterocycles. The van der Waals surface area contributed by atoms with Crippen LogP contribution in [-0.2, 0) is 4.79 Å². The first-order chi connectivity index (χ1) is 8.38. The van der Waals surface area contributed by atoms with Crippen LogP contribution in [0.2, 0.25) is 0 Å². The standard InChI is InChI=1S/C15H24N2O/c1-10(2)8-12(4)16-14-7-6-11(3)15(9-14)17-13(5)18/h6-7,9-10,12,16H,8H2,1-5H3,(H,17,18). The summed E-state index contributed by atoms with van der Waals surface area (Å²) in [5.41, 5.74) is 3.01. The van der Waals surface area contributed by atoms with Gasteiger partial charge in [-0.15, -0.1) is 0 Å². The first-order valence-corrected chi connectivity index (χ1v) is 6.53. The van der Waals surface area contributed by atoms with Crippen LogP contribution in [0.5, 0.6) is 0 Å². The Morgan fingerprint density at radius 3 is 2.50 bits per heavy atom. The van der Waals surface area contributed by atoms with Gasteiger partial charge < -0.3 is 10.6 Å². The first kappa shape index (κ1) is 14.6. The van der Waals surface area contributed by atoms with Crippen molar-refractivity contribution in [2.24, 2.45) is 5.92 Å². The Kier molecular flexibility index (Phi) is 5.20. The molecule has 1 unspecified atom stereocenters. The molecule has 0 saturated carbocycles. The van der Waals surface area contributed by atoms with Gasteiger partial charge in [0.05, 0.1) is 0 Å². The molecule has 0 fully saturated rings. The Labute approximate surface area is 110 Å². The normalized spacial score (nSPS) is 12.3. The number of aryl methyl sites for hydroxylation is 1. The Balaban J connectivity index is 2.75. The van der Waals surface area contributed by atoms with Crippen molar-refractivity contribution < 1.29 is 4.79 Å². The van der Waals surface area contributed by atoms with Crippen LogP contribution in [0.4, 0.5) is 11.4 Å². The van der Waals surface area contributed by atoms with Crippen LogP contribution in [0.3, 0.4) is 0 Å². The van der Waals surface area contributed by atoms with Gasteiger partial charge in [0.25, 0.3) is 0 Å². The maximum atomic E-state index is 11.1.